The Morgan fingerprint density at radius 3 is 2.25 bits per heavy atom. The summed E-state index contributed by atoms with van der Waals surface area (Å²) in [6, 6.07) is 15.2. The Bertz CT molecular complexity index is 863. The average molecular weight is 380 g/mol. The molecule has 0 heterocycles. The predicted octanol–water partition coefficient (Wildman–Crippen LogP) is 4.02. The van der Waals surface area contributed by atoms with E-state index < -0.39 is 11.9 Å². The zero-order valence-corrected chi connectivity index (χ0v) is 16.3. The van der Waals surface area contributed by atoms with Gasteiger partial charge in [-0.15, -0.1) is 0 Å². The first-order valence-corrected chi connectivity index (χ1v) is 9.26. The van der Waals surface area contributed by atoms with Gasteiger partial charge in [0.15, 0.2) is 5.78 Å². The highest BCUT2D eigenvalue weighted by atomic mass is 16.5. The van der Waals surface area contributed by atoms with Gasteiger partial charge in [-0.1, -0.05) is 30.3 Å². The molecule has 2 aromatic rings. The summed E-state index contributed by atoms with van der Waals surface area (Å²) in [5.41, 5.74) is 2.68. The van der Waals surface area contributed by atoms with Crippen LogP contribution in [0.5, 0.6) is 11.5 Å². The molecule has 0 saturated carbocycles. The van der Waals surface area contributed by atoms with E-state index >= 15 is 0 Å². The highest BCUT2D eigenvalue weighted by Gasteiger charge is 2.40. The van der Waals surface area contributed by atoms with Crippen LogP contribution < -0.4 is 9.47 Å². The molecule has 28 heavy (non-hydrogen) atoms. The van der Waals surface area contributed by atoms with Crippen molar-refractivity contribution in [2.75, 3.05) is 20.8 Å². The molecule has 0 saturated heterocycles. The zero-order chi connectivity index (χ0) is 20.1. The molecule has 0 amide bonds. The van der Waals surface area contributed by atoms with E-state index in [-0.39, 0.29) is 18.3 Å². The fraction of sp³-hybridized carbons (Fsp3) is 0.304. The predicted molar refractivity (Wildman–Crippen MR) is 106 cm³/mol. The van der Waals surface area contributed by atoms with E-state index in [1.54, 1.807) is 33.3 Å². The van der Waals surface area contributed by atoms with Crippen LogP contribution in [0, 0.1) is 5.92 Å². The smallest absolute Gasteiger partial charge is 0.317 e. The molecule has 146 valence electrons. The molecule has 0 radical (unpaired) electrons. The number of hydrogen-bond acceptors (Lipinski definition) is 5. The molecular weight excluding hydrogens is 356 g/mol. The number of esters is 1. The second-order valence-electron chi connectivity index (χ2n) is 6.62. The number of rotatable bonds is 6. The number of ether oxygens (including phenoxy) is 3. The van der Waals surface area contributed by atoms with Gasteiger partial charge in [0.05, 0.1) is 20.8 Å². The maximum Gasteiger partial charge on any atom is 0.317 e. The molecule has 3 rings (SSSR count). The van der Waals surface area contributed by atoms with E-state index in [1.807, 2.05) is 42.5 Å². The van der Waals surface area contributed by atoms with E-state index in [2.05, 4.69) is 0 Å². The highest BCUT2D eigenvalue weighted by Crippen LogP contribution is 2.42. The number of benzene rings is 2. The summed E-state index contributed by atoms with van der Waals surface area (Å²) < 4.78 is 16.0. The first-order chi connectivity index (χ1) is 13.6. The molecule has 5 heteroatoms. The summed E-state index contributed by atoms with van der Waals surface area (Å²) in [5, 5.41) is 0. The molecule has 1 aliphatic carbocycles. The van der Waals surface area contributed by atoms with E-state index in [0.717, 1.165) is 16.7 Å². The van der Waals surface area contributed by atoms with Gasteiger partial charge in [-0.3, -0.25) is 9.59 Å². The lowest BCUT2D eigenvalue weighted by Gasteiger charge is -2.30. The number of carbonyl (C=O) groups is 2. The van der Waals surface area contributed by atoms with Gasteiger partial charge in [-0.2, -0.15) is 0 Å². The van der Waals surface area contributed by atoms with Crippen molar-refractivity contribution in [1.82, 2.24) is 0 Å². The Morgan fingerprint density at radius 1 is 1.04 bits per heavy atom. The third kappa shape index (κ3) is 4.09. The SMILES string of the molecule is CCOC(=O)[C@H]1C(=O)C=C(c2ccccc2)C[C@H]1c1cc(OC)cc(OC)c1. The Morgan fingerprint density at radius 2 is 1.68 bits per heavy atom. The molecule has 2 aromatic carbocycles. The minimum Gasteiger partial charge on any atom is -0.497 e. The summed E-state index contributed by atoms with van der Waals surface area (Å²) in [5.74, 6) is -0.765. The quantitative estimate of drug-likeness (QED) is 0.559. The van der Waals surface area contributed by atoms with E-state index in [4.69, 9.17) is 14.2 Å². The maximum atomic E-state index is 12.9. The molecule has 0 bridgehead atoms. The molecule has 2 atom stereocenters. The number of ketones is 1. The molecule has 0 unspecified atom stereocenters. The number of methoxy groups -OCH3 is 2. The molecule has 0 spiro atoms. The first kappa shape index (κ1) is 19.7. The monoisotopic (exact) mass is 380 g/mol. The minimum atomic E-state index is -0.885. The van der Waals surface area contributed by atoms with Crippen LogP contribution in [0.15, 0.2) is 54.6 Å². The second-order valence-corrected chi connectivity index (χ2v) is 6.62. The first-order valence-electron chi connectivity index (χ1n) is 9.26. The Hall–Kier alpha value is -3.08. The largest absolute Gasteiger partial charge is 0.497 e. The van der Waals surface area contributed by atoms with Crippen LogP contribution in [0.2, 0.25) is 0 Å². The van der Waals surface area contributed by atoms with E-state index in [0.29, 0.717) is 17.9 Å². The van der Waals surface area contributed by atoms with Crippen LogP contribution in [0.25, 0.3) is 5.57 Å². The molecule has 5 nitrogen and oxygen atoms in total. The van der Waals surface area contributed by atoms with Gasteiger partial charge in [0.2, 0.25) is 0 Å². The molecule has 1 aliphatic rings. The van der Waals surface area contributed by atoms with Crippen LogP contribution >= 0.6 is 0 Å². The summed E-state index contributed by atoms with van der Waals surface area (Å²) in [6.07, 6.45) is 2.11. The van der Waals surface area contributed by atoms with Crippen molar-refractivity contribution in [2.24, 2.45) is 5.92 Å². The van der Waals surface area contributed by atoms with Gasteiger partial charge in [0.25, 0.3) is 0 Å². The van der Waals surface area contributed by atoms with Crippen molar-refractivity contribution in [3.8, 4) is 11.5 Å². The van der Waals surface area contributed by atoms with Crippen molar-refractivity contribution >= 4 is 17.3 Å². The molecule has 0 aliphatic heterocycles. The van der Waals surface area contributed by atoms with Crippen LogP contribution in [0.3, 0.4) is 0 Å². The standard InChI is InChI=1S/C23H24O5/c1-4-28-23(25)22-20(17-10-18(26-2)14-19(11-17)27-3)12-16(13-21(22)24)15-8-6-5-7-9-15/h5-11,13-14,20,22H,4,12H2,1-3H3/t20-,22+/m0/s1. The summed E-state index contributed by atoms with van der Waals surface area (Å²) in [6.45, 7) is 1.96. The average Bonchev–Trinajstić information content (AvgIpc) is 2.73. The van der Waals surface area contributed by atoms with Crippen molar-refractivity contribution in [3.63, 3.8) is 0 Å². The van der Waals surface area contributed by atoms with Gasteiger partial charge >= 0.3 is 5.97 Å². The van der Waals surface area contributed by atoms with Gasteiger partial charge in [-0.25, -0.2) is 0 Å². The number of hydrogen-bond donors (Lipinski definition) is 0. The van der Waals surface area contributed by atoms with Crippen molar-refractivity contribution in [3.05, 3.63) is 65.7 Å². The number of carbonyl (C=O) groups excluding carboxylic acids is 2. The summed E-state index contributed by atoms with van der Waals surface area (Å²) >= 11 is 0. The summed E-state index contributed by atoms with van der Waals surface area (Å²) in [4.78, 5) is 25.6. The fourth-order valence-electron chi connectivity index (χ4n) is 3.59. The van der Waals surface area contributed by atoms with Gasteiger partial charge in [-0.05, 0) is 48.3 Å². The third-order valence-electron chi connectivity index (χ3n) is 4.95. The van der Waals surface area contributed by atoms with Crippen LogP contribution in [0.1, 0.15) is 30.4 Å². The normalized spacial score (nSPS) is 19.0. The Labute approximate surface area is 164 Å². The van der Waals surface area contributed by atoms with E-state index in [9.17, 15) is 9.59 Å². The Balaban J connectivity index is 2.08. The van der Waals surface area contributed by atoms with Crippen molar-refractivity contribution in [1.29, 1.82) is 0 Å². The van der Waals surface area contributed by atoms with Gasteiger partial charge in [0, 0.05) is 12.0 Å². The zero-order valence-electron chi connectivity index (χ0n) is 16.3. The number of allylic oxidation sites excluding steroid dienone is 2. The van der Waals surface area contributed by atoms with Gasteiger partial charge < -0.3 is 14.2 Å². The van der Waals surface area contributed by atoms with E-state index in [1.165, 1.54) is 0 Å². The highest BCUT2D eigenvalue weighted by molar-refractivity contribution is 6.10. The van der Waals surface area contributed by atoms with Crippen molar-refractivity contribution in [2.45, 2.75) is 19.3 Å². The Kier molecular flexibility index (Phi) is 6.14. The van der Waals surface area contributed by atoms with Gasteiger partial charge in [0.1, 0.15) is 17.4 Å². The van der Waals surface area contributed by atoms with Crippen LogP contribution in [0.4, 0.5) is 0 Å². The van der Waals surface area contributed by atoms with Crippen molar-refractivity contribution < 1.29 is 23.8 Å². The molecule has 0 aromatic heterocycles. The molecular formula is C23H24O5. The maximum absolute atomic E-state index is 12.9. The topological polar surface area (TPSA) is 61.8 Å². The second kappa shape index (κ2) is 8.74. The minimum absolute atomic E-state index is 0.228. The lowest BCUT2D eigenvalue weighted by molar-refractivity contribution is -0.151. The lowest BCUT2D eigenvalue weighted by atomic mass is 9.73. The third-order valence-corrected chi connectivity index (χ3v) is 4.95. The van der Waals surface area contributed by atoms with Crippen LogP contribution in [-0.4, -0.2) is 32.6 Å². The van der Waals surface area contributed by atoms with Crippen LogP contribution in [-0.2, 0) is 14.3 Å². The summed E-state index contributed by atoms with van der Waals surface area (Å²) in [7, 11) is 3.14. The molecule has 0 N–H and O–H groups in total. The molecule has 0 fully saturated rings. The fourth-order valence-corrected chi connectivity index (χ4v) is 3.59. The lowest BCUT2D eigenvalue weighted by Crippen LogP contribution is -2.34.